The van der Waals surface area contributed by atoms with Gasteiger partial charge in [0.25, 0.3) is 0 Å². The number of hydrogen-bond donors (Lipinski definition) is 0. The Labute approximate surface area is 104 Å². The summed E-state index contributed by atoms with van der Waals surface area (Å²) >= 11 is 7.14. The Kier molecular flexibility index (Phi) is 5.18. The van der Waals surface area contributed by atoms with E-state index in [1.165, 1.54) is 11.3 Å². The van der Waals surface area contributed by atoms with Gasteiger partial charge in [0, 0.05) is 19.7 Å². The average Bonchev–Trinajstić information content (AvgIpc) is 2.59. The summed E-state index contributed by atoms with van der Waals surface area (Å²) < 4.78 is 5.04. The number of methoxy groups -OCH3 is 1. The first-order valence-electron chi connectivity index (χ1n) is 4.97. The molecule has 16 heavy (non-hydrogen) atoms. The molecule has 0 amide bonds. The van der Waals surface area contributed by atoms with Crippen molar-refractivity contribution in [2.75, 3.05) is 25.2 Å². The first-order chi connectivity index (χ1) is 7.60. The number of carbonyl (C=O) groups is 1. The standard InChI is InChI=1S/C10H15ClN2O2S/c1-7(2)13(4-5-15-3)10-12-9(11)8(6-14)16-10/h6-7H,4-5H2,1-3H3. The number of hydrogen-bond acceptors (Lipinski definition) is 5. The molecular formula is C10H15ClN2O2S. The van der Waals surface area contributed by atoms with Crippen molar-refractivity contribution in [1.82, 2.24) is 4.98 Å². The van der Waals surface area contributed by atoms with E-state index in [9.17, 15) is 4.79 Å². The van der Waals surface area contributed by atoms with E-state index in [0.29, 0.717) is 11.5 Å². The van der Waals surface area contributed by atoms with Crippen molar-refractivity contribution in [3.8, 4) is 0 Å². The van der Waals surface area contributed by atoms with Crippen molar-refractivity contribution < 1.29 is 9.53 Å². The maximum absolute atomic E-state index is 10.7. The molecule has 0 spiro atoms. The zero-order valence-electron chi connectivity index (χ0n) is 9.57. The van der Waals surface area contributed by atoms with Crippen molar-refractivity contribution >= 4 is 34.4 Å². The van der Waals surface area contributed by atoms with Gasteiger partial charge in [0.05, 0.1) is 6.61 Å². The summed E-state index contributed by atoms with van der Waals surface area (Å²) in [7, 11) is 1.66. The van der Waals surface area contributed by atoms with Crippen LogP contribution in [0.2, 0.25) is 5.15 Å². The number of aldehydes is 1. The van der Waals surface area contributed by atoms with Crippen molar-refractivity contribution in [2.45, 2.75) is 19.9 Å². The molecule has 4 nitrogen and oxygen atoms in total. The highest BCUT2D eigenvalue weighted by Crippen LogP contribution is 2.29. The van der Waals surface area contributed by atoms with Crippen LogP contribution in [-0.4, -0.2) is 37.6 Å². The summed E-state index contributed by atoms with van der Waals surface area (Å²) in [5.41, 5.74) is 0. The third-order valence-corrected chi connectivity index (χ3v) is 3.53. The third-order valence-electron chi connectivity index (χ3n) is 2.11. The van der Waals surface area contributed by atoms with Gasteiger partial charge in [-0.15, -0.1) is 0 Å². The van der Waals surface area contributed by atoms with Crippen LogP contribution >= 0.6 is 22.9 Å². The summed E-state index contributed by atoms with van der Waals surface area (Å²) in [5.74, 6) is 0. The Morgan fingerprint density at radius 3 is 2.75 bits per heavy atom. The molecule has 1 heterocycles. The van der Waals surface area contributed by atoms with Gasteiger partial charge in [-0.2, -0.15) is 0 Å². The number of thiazole rings is 1. The summed E-state index contributed by atoms with van der Waals surface area (Å²) in [4.78, 5) is 17.4. The second-order valence-corrected chi connectivity index (χ2v) is 4.92. The Morgan fingerprint density at radius 2 is 2.31 bits per heavy atom. The number of carbonyl (C=O) groups excluding carboxylic acids is 1. The molecule has 0 saturated heterocycles. The lowest BCUT2D eigenvalue weighted by Crippen LogP contribution is -2.33. The molecule has 0 saturated carbocycles. The van der Waals surface area contributed by atoms with Crippen LogP contribution in [0, 0.1) is 0 Å². The third kappa shape index (κ3) is 3.17. The van der Waals surface area contributed by atoms with Gasteiger partial charge in [0.15, 0.2) is 16.6 Å². The van der Waals surface area contributed by atoms with Crippen LogP contribution in [0.5, 0.6) is 0 Å². The molecule has 0 N–H and O–H groups in total. The topological polar surface area (TPSA) is 42.4 Å². The smallest absolute Gasteiger partial charge is 0.187 e. The predicted molar refractivity (Wildman–Crippen MR) is 66.9 cm³/mol. The van der Waals surface area contributed by atoms with E-state index in [1.807, 2.05) is 0 Å². The first-order valence-corrected chi connectivity index (χ1v) is 6.16. The van der Waals surface area contributed by atoms with Crippen LogP contribution in [0.25, 0.3) is 0 Å². The SMILES string of the molecule is COCCN(c1nc(Cl)c(C=O)s1)C(C)C. The van der Waals surface area contributed by atoms with E-state index in [1.54, 1.807) is 7.11 Å². The zero-order chi connectivity index (χ0) is 12.1. The summed E-state index contributed by atoms with van der Waals surface area (Å²) in [5, 5.41) is 1.04. The number of aromatic nitrogens is 1. The number of halogens is 1. The minimum absolute atomic E-state index is 0.276. The lowest BCUT2D eigenvalue weighted by atomic mass is 10.3. The highest BCUT2D eigenvalue weighted by atomic mass is 35.5. The van der Waals surface area contributed by atoms with Crippen molar-refractivity contribution in [2.24, 2.45) is 0 Å². The fraction of sp³-hybridized carbons (Fsp3) is 0.600. The molecular weight excluding hydrogens is 248 g/mol. The number of nitrogens with zero attached hydrogens (tertiary/aromatic N) is 2. The van der Waals surface area contributed by atoms with Gasteiger partial charge in [-0.25, -0.2) is 4.98 Å². The molecule has 1 aromatic rings. The van der Waals surface area contributed by atoms with Crippen molar-refractivity contribution in [3.63, 3.8) is 0 Å². The minimum atomic E-state index is 0.276. The van der Waals surface area contributed by atoms with Crippen LogP contribution in [0.15, 0.2) is 0 Å². The second kappa shape index (κ2) is 6.18. The van der Waals surface area contributed by atoms with Gasteiger partial charge >= 0.3 is 0 Å². The van der Waals surface area contributed by atoms with Gasteiger partial charge in [-0.3, -0.25) is 4.79 Å². The van der Waals surface area contributed by atoms with Gasteiger partial charge in [0.1, 0.15) is 4.88 Å². The van der Waals surface area contributed by atoms with Crippen molar-refractivity contribution in [3.05, 3.63) is 10.0 Å². The highest BCUT2D eigenvalue weighted by molar-refractivity contribution is 7.17. The molecule has 1 rings (SSSR count). The Bertz CT molecular complexity index is 355. The van der Waals surface area contributed by atoms with Crippen LogP contribution in [0.3, 0.4) is 0 Å². The largest absolute Gasteiger partial charge is 0.383 e. The van der Waals surface area contributed by atoms with Gasteiger partial charge < -0.3 is 9.64 Å². The molecule has 1 aromatic heterocycles. The molecule has 0 atom stereocenters. The molecule has 6 heteroatoms. The molecule has 0 fully saturated rings. The van der Waals surface area contributed by atoms with E-state index < -0.39 is 0 Å². The van der Waals surface area contributed by atoms with Crippen LogP contribution in [0.4, 0.5) is 5.13 Å². The fourth-order valence-corrected chi connectivity index (χ4v) is 2.48. The molecule has 0 aliphatic carbocycles. The van der Waals surface area contributed by atoms with Gasteiger partial charge in [-0.1, -0.05) is 22.9 Å². The molecule has 0 aromatic carbocycles. The minimum Gasteiger partial charge on any atom is -0.383 e. The van der Waals surface area contributed by atoms with Crippen LogP contribution in [-0.2, 0) is 4.74 Å². The van der Waals surface area contributed by atoms with E-state index in [0.717, 1.165) is 18.0 Å². The van der Waals surface area contributed by atoms with E-state index in [-0.39, 0.29) is 11.2 Å². The molecule has 0 aliphatic rings. The van der Waals surface area contributed by atoms with Crippen LogP contribution < -0.4 is 4.90 Å². The Morgan fingerprint density at radius 1 is 1.62 bits per heavy atom. The average molecular weight is 263 g/mol. The van der Waals surface area contributed by atoms with Gasteiger partial charge in [-0.05, 0) is 13.8 Å². The van der Waals surface area contributed by atoms with E-state index in [4.69, 9.17) is 16.3 Å². The van der Waals surface area contributed by atoms with Gasteiger partial charge in [0.2, 0.25) is 0 Å². The number of rotatable bonds is 6. The normalized spacial score (nSPS) is 10.8. The predicted octanol–water partition coefficient (Wildman–Crippen LogP) is 2.47. The van der Waals surface area contributed by atoms with E-state index in [2.05, 4.69) is 23.7 Å². The first kappa shape index (κ1) is 13.4. The number of anilines is 1. The summed E-state index contributed by atoms with van der Waals surface area (Å²) in [6.45, 7) is 5.47. The van der Waals surface area contributed by atoms with Crippen LogP contribution in [0.1, 0.15) is 23.5 Å². The maximum atomic E-state index is 10.7. The molecule has 90 valence electrons. The summed E-state index contributed by atoms with van der Waals surface area (Å²) in [6.07, 6.45) is 0.734. The highest BCUT2D eigenvalue weighted by Gasteiger charge is 2.17. The van der Waals surface area contributed by atoms with E-state index >= 15 is 0 Å². The Hall–Kier alpha value is -0.650. The zero-order valence-corrected chi connectivity index (χ0v) is 11.1. The lowest BCUT2D eigenvalue weighted by molar-refractivity contribution is 0.112. The maximum Gasteiger partial charge on any atom is 0.187 e. The quantitative estimate of drug-likeness (QED) is 0.739. The summed E-state index contributed by atoms with van der Waals surface area (Å²) in [6, 6.07) is 0.289. The molecule has 0 bridgehead atoms. The monoisotopic (exact) mass is 262 g/mol. The lowest BCUT2D eigenvalue weighted by Gasteiger charge is -2.25. The second-order valence-electron chi connectivity index (χ2n) is 3.55. The Balaban J connectivity index is 2.87. The number of ether oxygens (including phenoxy) is 1. The fourth-order valence-electron chi connectivity index (χ4n) is 1.26. The molecule has 0 unspecified atom stereocenters. The van der Waals surface area contributed by atoms with Crippen molar-refractivity contribution in [1.29, 1.82) is 0 Å². The molecule has 0 radical (unpaired) electrons. The molecule has 0 aliphatic heterocycles.